The van der Waals surface area contributed by atoms with Gasteiger partial charge in [0.25, 0.3) is 0 Å². The number of anilines is 1. The van der Waals surface area contributed by atoms with Crippen LogP contribution in [0.4, 0.5) is 5.82 Å². The molecule has 3 heterocycles. The average molecular weight is 448 g/mol. The SMILES string of the molecule is CCn1c(CC#N)nc2c(N3C[C@@H](C)N(C(C)c4cccc(C)c4)C[C@@H]3C)nc(=O)n(C)c21. The number of fused-ring (bicyclic) bond motifs is 1. The molecule has 1 aliphatic rings. The Morgan fingerprint density at radius 2 is 1.97 bits per heavy atom. The molecule has 0 radical (unpaired) electrons. The van der Waals surface area contributed by atoms with Gasteiger partial charge in [-0.15, -0.1) is 0 Å². The Hall–Kier alpha value is -3.18. The first kappa shape index (κ1) is 23.0. The molecule has 33 heavy (non-hydrogen) atoms. The van der Waals surface area contributed by atoms with Gasteiger partial charge in [-0.25, -0.2) is 9.78 Å². The predicted molar refractivity (Wildman–Crippen MR) is 130 cm³/mol. The van der Waals surface area contributed by atoms with Crippen molar-refractivity contribution in [1.82, 2.24) is 24.0 Å². The van der Waals surface area contributed by atoms with Crippen LogP contribution in [0.25, 0.3) is 11.2 Å². The lowest BCUT2D eigenvalue weighted by atomic mass is 9.99. The third-order valence-electron chi connectivity index (χ3n) is 6.92. The molecular formula is C25H33N7O. The second-order valence-corrected chi connectivity index (χ2v) is 9.19. The topological polar surface area (TPSA) is 83.0 Å². The number of aryl methyl sites for hydroxylation is 3. The summed E-state index contributed by atoms with van der Waals surface area (Å²) in [6, 6.07) is 11.6. The van der Waals surface area contributed by atoms with Crippen LogP contribution in [0.5, 0.6) is 0 Å². The number of rotatable bonds is 5. The Morgan fingerprint density at radius 1 is 1.21 bits per heavy atom. The zero-order valence-corrected chi connectivity index (χ0v) is 20.4. The summed E-state index contributed by atoms with van der Waals surface area (Å²) >= 11 is 0. The third-order valence-corrected chi connectivity index (χ3v) is 6.92. The van der Waals surface area contributed by atoms with E-state index in [0.29, 0.717) is 29.7 Å². The van der Waals surface area contributed by atoms with Crippen LogP contribution in [-0.2, 0) is 20.0 Å². The number of hydrogen-bond donors (Lipinski definition) is 0. The molecule has 3 atom stereocenters. The highest BCUT2D eigenvalue weighted by molar-refractivity contribution is 5.84. The van der Waals surface area contributed by atoms with Crippen LogP contribution in [0.15, 0.2) is 29.1 Å². The smallest absolute Gasteiger partial charge is 0.349 e. The average Bonchev–Trinajstić information content (AvgIpc) is 3.16. The highest BCUT2D eigenvalue weighted by atomic mass is 16.1. The van der Waals surface area contributed by atoms with Gasteiger partial charge in [-0.3, -0.25) is 9.47 Å². The lowest BCUT2D eigenvalue weighted by Crippen LogP contribution is -2.57. The van der Waals surface area contributed by atoms with E-state index in [0.717, 1.165) is 18.7 Å². The number of imidazole rings is 1. The first-order chi connectivity index (χ1) is 15.8. The van der Waals surface area contributed by atoms with Gasteiger partial charge in [-0.05, 0) is 40.2 Å². The number of piperazine rings is 1. The summed E-state index contributed by atoms with van der Waals surface area (Å²) in [6.07, 6.45) is 0.198. The van der Waals surface area contributed by atoms with Crippen molar-refractivity contribution < 1.29 is 0 Å². The van der Waals surface area contributed by atoms with E-state index in [-0.39, 0.29) is 24.2 Å². The normalized spacial score (nSPS) is 20.2. The van der Waals surface area contributed by atoms with Gasteiger partial charge in [0.1, 0.15) is 17.0 Å². The molecule has 174 valence electrons. The molecule has 4 rings (SSSR count). The maximum absolute atomic E-state index is 12.8. The molecule has 1 fully saturated rings. The largest absolute Gasteiger partial charge is 0.350 e. The molecule has 8 heteroatoms. The highest BCUT2D eigenvalue weighted by Gasteiger charge is 2.35. The van der Waals surface area contributed by atoms with Crippen LogP contribution >= 0.6 is 0 Å². The third kappa shape index (κ3) is 4.02. The molecule has 0 N–H and O–H groups in total. The van der Waals surface area contributed by atoms with Crippen molar-refractivity contribution in [2.45, 2.75) is 65.7 Å². The van der Waals surface area contributed by atoms with Crippen molar-refractivity contribution in [2.75, 3.05) is 18.0 Å². The fraction of sp³-hybridized carbons (Fsp3) is 0.520. The second-order valence-electron chi connectivity index (χ2n) is 9.19. The number of hydrogen-bond acceptors (Lipinski definition) is 6. The summed E-state index contributed by atoms with van der Waals surface area (Å²) in [7, 11) is 1.72. The maximum Gasteiger partial charge on any atom is 0.350 e. The minimum absolute atomic E-state index is 0.155. The summed E-state index contributed by atoms with van der Waals surface area (Å²) < 4.78 is 3.50. The van der Waals surface area contributed by atoms with Crippen molar-refractivity contribution in [3.8, 4) is 6.07 Å². The van der Waals surface area contributed by atoms with Gasteiger partial charge in [0.05, 0.1) is 12.5 Å². The number of benzene rings is 1. The van der Waals surface area contributed by atoms with Gasteiger partial charge in [0.2, 0.25) is 0 Å². The zero-order valence-electron chi connectivity index (χ0n) is 20.4. The molecule has 1 saturated heterocycles. The van der Waals surface area contributed by atoms with Gasteiger partial charge >= 0.3 is 5.69 Å². The second kappa shape index (κ2) is 8.99. The fourth-order valence-corrected chi connectivity index (χ4v) is 5.14. The van der Waals surface area contributed by atoms with Crippen molar-refractivity contribution in [3.05, 3.63) is 51.7 Å². The molecule has 1 unspecified atom stereocenters. The van der Waals surface area contributed by atoms with Crippen molar-refractivity contribution >= 4 is 17.0 Å². The van der Waals surface area contributed by atoms with E-state index in [1.54, 1.807) is 11.6 Å². The Kier molecular flexibility index (Phi) is 6.26. The zero-order chi connectivity index (χ0) is 23.9. The van der Waals surface area contributed by atoms with Crippen LogP contribution in [0.2, 0.25) is 0 Å². The molecule has 0 saturated carbocycles. The first-order valence-corrected chi connectivity index (χ1v) is 11.7. The Bertz CT molecular complexity index is 1270. The quantitative estimate of drug-likeness (QED) is 0.597. The molecule has 2 aromatic heterocycles. The van der Waals surface area contributed by atoms with E-state index in [1.807, 2.05) is 11.5 Å². The molecule has 0 bridgehead atoms. The molecule has 1 aromatic carbocycles. The molecule has 0 aliphatic carbocycles. The van der Waals surface area contributed by atoms with E-state index in [4.69, 9.17) is 4.98 Å². The first-order valence-electron chi connectivity index (χ1n) is 11.7. The monoisotopic (exact) mass is 447 g/mol. The fourth-order valence-electron chi connectivity index (χ4n) is 5.14. The Morgan fingerprint density at radius 3 is 2.64 bits per heavy atom. The molecule has 8 nitrogen and oxygen atoms in total. The van der Waals surface area contributed by atoms with Crippen molar-refractivity contribution in [3.63, 3.8) is 0 Å². The molecule has 0 spiro atoms. The lowest BCUT2D eigenvalue weighted by molar-refractivity contribution is 0.119. The standard InChI is InChI=1S/C25H33N7O/c1-7-30-21(11-12-26)27-22-23(28-25(33)29(6)24(22)30)32-15-17(3)31(14-18(32)4)19(5)20-10-8-9-16(2)13-20/h8-10,13,17-19H,7,11,14-15H2,1-6H3/t17-,18+,19?/m1/s1. The number of nitrogens with zero attached hydrogens (tertiary/aromatic N) is 7. The predicted octanol–water partition coefficient (Wildman–Crippen LogP) is 3.18. The van der Waals surface area contributed by atoms with E-state index in [2.05, 4.69) is 72.8 Å². The van der Waals surface area contributed by atoms with Gasteiger partial charge in [-0.1, -0.05) is 29.8 Å². The summed E-state index contributed by atoms with van der Waals surface area (Å²) in [5.41, 5.74) is 3.71. The molecule has 1 aliphatic heterocycles. The van der Waals surface area contributed by atoms with Gasteiger partial charge in [-0.2, -0.15) is 10.2 Å². The molecule has 3 aromatic rings. The number of nitriles is 1. The van der Waals surface area contributed by atoms with Crippen LogP contribution < -0.4 is 10.6 Å². The summed E-state index contributed by atoms with van der Waals surface area (Å²) in [5, 5.41) is 9.27. The molecular weight excluding hydrogens is 414 g/mol. The van der Waals surface area contributed by atoms with Gasteiger partial charge in [0, 0.05) is 44.8 Å². The van der Waals surface area contributed by atoms with Crippen LogP contribution in [0, 0.1) is 18.3 Å². The minimum atomic E-state index is -0.300. The lowest BCUT2D eigenvalue weighted by Gasteiger charge is -2.47. The number of aromatic nitrogens is 4. The van der Waals surface area contributed by atoms with E-state index >= 15 is 0 Å². The van der Waals surface area contributed by atoms with Gasteiger partial charge in [0.15, 0.2) is 5.82 Å². The van der Waals surface area contributed by atoms with E-state index in [9.17, 15) is 10.1 Å². The minimum Gasteiger partial charge on any atom is -0.349 e. The summed E-state index contributed by atoms with van der Waals surface area (Å²) in [5.74, 6) is 1.30. The summed E-state index contributed by atoms with van der Waals surface area (Å²) in [4.78, 5) is 26.8. The van der Waals surface area contributed by atoms with Crippen molar-refractivity contribution in [2.24, 2.45) is 7.05 Å². The Balaban J connectivity index is 1.72. The Labute approximate surface area is 195 Å². The van der Waals surface area contributed by atoms with E-state index < -0.39 is 0 Å². The molecule has 0 amide bonds. The van der Waals surface area contributed by atoms with Crippen LogP contribution in [0.3, 0.4) is 0 Å². The van der Waals surface area contributed by atoms with Gasteiger partial charge < -0.3 is 9.47 Å². The highest BCUT2D eigenvalue weighted by Crippen LogP contribution is 2.32. The van der Waals surface area contributed by atoms with Crippen molar-refractivity contribution in [1.29, 1.82) is 5.26 Å². The van der Waals surface area contributed by atoms with Crippen LogP contribution in [-0.4, -0.2) is 49.2 Å². The van der Waals surface area contributed by atoms with E-state index in [1.165, 1.54) is 11.1 Å². The van der Waals surface area contributed by atoms with Crippen LogP contribution in [0.1, 0.15) is 50.7 Å². The summed E-state index contributed by atoms with van der Waals surface area (Å²) in [6.45, 7) is 13.0. The maximum atomic E-state index is 12.8.